The molecule has 0 aliphatic rings. The fourth-order valence-electron chi connectivity index (χ4n) is 1.25. The number of anilines is 1. The number of hydrogen-bond acceptors (Lipinski definition) is 3. The number of carboxylic acids is 1. The number of hydrogen-bond donors (Lipinski definition) is 2. The van der Waals surface area contributed by atoms with Crippen molar-refractivity contribution in [2.75, 3.05) is 16.8 Å². The summed E-state index contributed by atoms with van der Waals surface area (Å²) in [5.41, 5.74) is -1.10. The third-order valence-corrected chi connectivity index (χ3v) is 3.26. The summed E-state index contributed by atoms with van der Waals surface area (Å²) in [7, 11) is 0. The molecular weight excluding hydrogens is 319 g/mol. The summed E-state index contributed by atoms with van der Waals surface area (Å²) in [5, 5.41) is 10.2. The summed E-state index contributed by atoms with van der Waals surface area (Å²) in [6.07, 6.45) is -4.62. The lowest BCUT2D eigenvalue weighted by Crippen LogP contribution is -2.16. The number of carbonyl (C=O) groups excluding carboxylic acids is 1. The van der Waals surface area contributed by atoms with Crippen LogP contribution in [0.15, 0.2) is 18.2 Å². The van der Waals surface area contributed by atoms with Gasteiger partial charge in [-0.3, -0.25) is 9.59 Å². The lowest BCUT2D eigenvalue weighted by atomic mass is 10.2. The number of carboxylic acid groups (broad SMARTS) is 1. The zero-order chi connectivity index (χ0) is 15.3. The molecule has 1 rings (SSSR count). The second-order valence-corrected chi connectivity index (χ2v) is 5.02. The van der Waals surface area contributed by atoms with Crippen LogP contribution in [0.2, 0.25) is 5.02 Å². The predicted octanol–water partition coefficient (Wildman–Crippen LogP) is 3.12. The maximum absolute atomic E-state index is 12.6. The minimum absolute atomic E-state index is 0.0531. The van der Waals surface area contributed by atoms with Crippen molar-refractivity contribution in [3.8, 4) is 0 Å². The highest BCUT2D eigenvalue weighted by Gasteiger charge is 2.33. The Labute approximate surface area is 121 Å². The molecule has 0 atom stereocenters. The molecule has 20 heavy (non-hydrogen) atoms. The molecule has 0 aromatic heterocycles. The lowest BCUT2D eigenvalue weighted by Gasteiger charge is -2.11. The molecule has 0 saturated carbocycles. The topological polar surface area (TPSA) is 66.4 Å². The number of nitrogens with one attached hydrogen (secondary N) is 1. The molecule has 0 bridgehead atoms. The number of rotatable bonds is 5. The van der Waals surface area contributed by atoms with Gasteiger partial charge in [0.05, 0.1) is 22.1 Å². The molecule has 2 N–H and O–H groups in total. The summed E-state index contributed by atoms with van der Waals surface area (Å²) >= 11 is 6.28. The van der Waals surface area contributed by atoms with Crippen LogP contribution in [0.4, 0.5) is 18.9 Å². The molecule has 0 spiro atoms. The number of carbonyl (C=O) groups is 2. The maximum atomic E-state index is 12.6. The SMILES string of the molecule is O=C(O)CSCC(=O)Nc1ccc(Cl)c(C(F)(F)F)c1. The average Bonchev–Trinajstić information content (AvgIpc) is 2.29. The van der Waals surface area contributed by atoms with E-state index in [1.807, 2.05) is 0 Å². The van der Waals surface area contributed by atoms with E-state index in [-0.39, 0.29) is 17.2 Å². The number of benzene rings is 1. The fourth-order valence-corrected chi connectivity index (χ4v) is 2.01. The molecule has 1 amide bonds. The van der Waals surface area contributed by atoms with Crippen molar-refractivity contribution in [3.05, 3.63) is 28.8 Å². The molecular formula is C11H9ClF3NO3S. The first-order valence-corrected chi connectivity index (χ1v) is 6.69. The Morgan fingerprint density at radius 2 is 1.95 bits per heavy atom. The van der Waals surface area contributed by atoms with E-state index in [1.54, 1.807) is 0 Å². The molecule has 0 heterocycles. The Bertz CT molecular complexity index is 522. The first-order chi connectivity index (χ1) is 9.20. The van der Waals surface area contributed by atoms with Gasteiger partial charge in [-0.2, -0.15) is 13.2 Å². The average molecular weight is 328 g/mol. The van der Waals surface area contributed by atoms with Crippen LogP contribution in [0.3, 0.4) is 0 Å². The van der Waals surface area contributed by atoms with Gasteiger partial charge < -0.3 is 10.4 Å². The second kappa shape index (κ2) is 6.85. The summed E-state index contributed by atoms with van der Waals surface area (Å²) in [6, 6.07) is 2.99. The van der Waals surface area contributed by atoms with Gasteiger partial charge in [0.1, 0.15) is 0 Å². The highest BCUT2D eigenvalue weighted by Crippen LogP contribution is 2.36. The third-order valence-electron chi connectivity index (χ3n) is 2.01. The van der Waals surface area contributed by atoms with E-state index in [0.29, 0.717) is 0 Å². The number of amides is 1. The number of halogens is 4. The van der Waals surface area contributed by atoms with Crippen molar-refractivity contribution in [2.24, 2.45) is 0 Å². The second-order valence-electron chi connectivity index (χ2n) is 3.63. The Morgan fingerprint density at radius 1 is 1.30 bits per heavy atom. The van der Waals surface area contributed by atoms with E-state index in [2.05, 4.69) is 5.32 Å². The van der Waals surface area contributed by atoms with E-state index < -0.39 is 28.6 Å². The van der Waals surface area contributed by atoms with E-state index >= 15 is 0 Å². The summed E-state index contributed by atoms with van der Waals surface area (Å²) < 4.78 is 37.8. The van der Waals surface area contributed by atoms with E-state index in [9.17, 15) is 22.8 Å². The highest BCUT2D eigenvalue weighted by molar-refractivity contribution is 8.00. The molecule has 0 unspecified atom stereocenters. The summed E-state index contributed by atoms with van der Waals surface area (Å²) in [4.78, 5) is 21.6. The number of aliphatic carboxylic acids is 1. The van der Waals surface area contributed by atoms with E-state index in [1.165, 1.54) is 6.07 Å². The van der Waals surface area contributed by atoms with Gasteiger partial charge in [0.25, 0.3) is 0 Å². The van der Waals surface area contributed by atoms with Crippen molar-refractivity contribution in [1.29, 1.82) is 0 Å². The van der Waals surface area contributed by atoms with Crippen molar-refractivity contribution in [1.82, 2.24) is 0 Å². The molecule has 4 nitrogen and oxygen atoms in total. The molecule has 0 aliphatic heterocycles. The lowest BCUT2D eigenvalue weighted by molar-refractivity contribution is -0.137. The monoisotopic (exact) mass is 327 g/mol. The normalized spacial score (nSPS) is 11.2. The maximum Gasteiger partial charge on any atom is 0.417 e. The van der Waals surface area contributed by atoms with Crippen molar-refractivity contribution in [3.63, 3.8) is 0 Å². The minimum atomic E-state index is -4.62. The quantitative estimate of drug-likeness (QED) is 0.872. The highest BCUT2D eigenvalue weighted by atomic mass is 35.5. The van der Waals surface area contributed by atoms with Gasteiger partial charge in [0.15, 0.2) is 0 Å². The van der Waals surface area contributed by atoms with Crippen molar-refractivity contribution in [2.45, 2.75) is 6.18 Å². The van der Waals surface area contributed by atoms with Crippen LogP contribution in [0.5, 0.6) is 0 Å². The third kappa shape index (κ3) is 5.30. The molecule has 0 saturated heterocycles. The van der Waals surface area contributed by atoms with E-state index in [0.717, 1.165) is 23.9 Å². The molecule has 0 aliphatic carbocycles. The van der Waals surface area contributed by atoms with Crippen molar-refractivity contribution < 1.29 is 27.9 Å². The van der Waals surface area contributed by atoms with Crippen LogP contribution >= 0.6 is 23.4 Å². The molecule has 0 fully saturated rings. The smallest absolute Gasteiger partial charge is 0.417 e. The number of thioether (sulfide) groups is 1. The predicted molar refractivity (Wildman–Crippen MR) is 70.0 cm³/mol. The van der Waals surface area contributed by atoms with Gasteiger partial charge in [0.2, 0.25) is 5.91 Å². The zero-order valence-electron chi connectivity index (χ0n) is 9.83. The van der Waals surface area contributed by atoms with Crippen LogP contribution in [0.25, 0.3) is 0 Å². The zero-order valence-corrected chi connectivity index (χ0v) is 11.4. The Balaban J connectivity index is 2.69. The molecule has 110 valence electrons. The van der Waals surface area contributed by atoms with Crippen LogP contribution in [-0.4, -0.2) is 28.5 Å². The Kier molecular flexibility index (Phi) is 5.70. The Morgan fingerprint density at radius 3 is 2.50 bits per heavy atom. The van der Waals surface area contributed by atoms with Gasteiger partial charge in [-0.25, -0.2) is 0 Å². The van der Waals surface area contributed by atoms with Crippen LogP contribution in [0.1, 0.15) is 5.56 Å². The number of alkyl halides is 3. The van der Waals surface area contributed by atoms with Crippen LogP contribution < -0.4 is 5.32 Å². The van der Waals surface area contributed by atoms with Crippen LogP contribution in [0, 0.1) is 0 Å². The van der Waals surface area contributed by atoms with Gasteiger partial charge in [0, 0.05) is 5.69 Å². The fraction of sp³-hybridized carbons (Fsp3) is 0.273. The first-order valence-electron chi connectivity index (χ1n) is 5.16. The molecule has 9 heteroatoms. The Hall–Kier alpha value is -1.41. The summed E-state index contributed by atoms with van der Waals surface area (Å²) in [6.45, 7) is 0. The molecule has 0 radical (unpaired) electrons. The molecule has 1 aromatic rings. The standard InChI is InChI=1S/C11H9ClF3NO3S/c12-8-2-1-6(3-7(8)11(13,14)15)16-9(17)4-20-5-10(18)19/h1-3H,4-5H2,(H,16,17)(H,18,19). The largest absolute Gasteiger partial charge is 0.481 e. The first kappa shape index (κ1) is 16.6. The van der Waals surface area contributed by atoms with Gasteiger partial charge in [-0.15, -0.1) is 11.8 Å². The van der Waals surface area contributed by atoms with Gasteiger partial charge in [-0.05, 0) is 18.2 Å². The van der Waals surface area contributed by atoms with E-state index in [4.69, 9.17) is 16.7 Å². The summed E-state index contributed by atoms with van der Waals surface area (Å²) in [5.74, 6) is -2.10. The minimum Gasteiger partial charge on any atom is -0.481 e. The van der Waals surface area contributed by atoms with Gasteiger partial charge in [-0.1, -0.05) is 11.6 Å². The molecule has 1 aromatic carbocycles. The van der Waals surface area contributed by atoms with Gasteiger partial charge >= 0.3 is 12.1 Å². The van der Waals surface area contributed by atoms with Crippen molar-refractivity contribution >= 4 is 40.9 Å². The van der Waals surface area contributed by atoms with Crippen LogP contribution in [-0.2, 0) is 15.8 Å².